The zero-order valence-corrected chi connectivity index (χ0v) is 11.2. The maximum Gasteiger partial charge on any atom is 0.328 e. The molecule has 98 valence electrons. The Bertz CT molecular complexity index is 447. The molecule has 0 aliphatic heterocycles. The Hall–Kier alpha value is -1.77. The van der Waals surface area contributed by atoms with E-state index in [2.05, 4.69) is 6.92 Å². The largest absolute Gasteiger partial charge is 0.496 e. The maximum absolute atomic E-state index is 10.9. The molecule has 1 rings (SSSR count). The summed E-state index contributed by atoms with van der Waals surface area (Å²) < 4.78 is 5.32. The van der Waals surface area contributed by atoms with Gasteiger partial charge in [0, 0.05) is 11.6 Å². The van der Waals surface area contributed by atoms with Crippen LogP contribution in [0.25, 0.3) is 5.57 Å². The number of benzene rings is 1. The van der Waals surface area contributed by atoms with Crippen LogP contribution in [0.2, 0.25) is 0 Å². The molecule has 0 spiro atoms. The van der Waals surface area contributed by atoms with Gasteiger partial charge in [0.15, 0.2) is 0 Å². The first-order chi connectivity index (χ1) is 8.62. The monoisotopic (exact) mass is 248 g/mol. The average Bonchev–Trinajstić information content (AvgIpc) is 2.37. The molecule has 0 bridgehead atoms. The molecule has 3 heteroatoms. The van der Waals surface area contributed by atoms with Crippen molar-refractivity contribution in [3.8, 4) is 5.75 Å². The van der Waals surface area contributed by atoms with Crippen LogP contribution >= 0.6 is 0 Å². The van der Waals surface area contributed by atoms with Crippen molar-refractivity contribution in [2.45, 2.75) is 33.1 Å². The smallest absolute Gasteiger partial charge is 0.328 e. The van der Waals surface area contributed by atoms with Gasteiger partial charge in [-0.3, -0.25) is 0 Å². The summed E-state index contributed by atoms with van der Waals surface area (Å²) in [6.07, 6.45) is 3.83. The molecule has 1 N–H and O–H groups in total. The van der Waals surface area contributed by atoms with Gasteiger partial charge in [0.2, 0.25) is 0 Å². The Morgan fingerprint density at radius 1 is 1.39 bits per heavy atom. The number of carbonyl (C=O) groups is 1. The number of ether oxygens (including phenoxy) is 1. The van der Waals surface area contributed by atoms with Crippen molar-refractivity contribution in [2.75, 3.05) is 7.11 Å². The molecule has 0 unspecified atom stereocenters. The third kappa shape index (κ3) is 3.62. The van der Waals surface area contributed by atoms with Crippen LogP contribution in [0.4, 0.5) is 0 Å². The summed E-state index contributed by atoms with van der Waals surface area (Å²) in [4.78, 5) is 10.9. The van der Waals surface area contributed by atoms with Crippen LogP contribution in [0.5, 0.6) is 5.75 Å². The Morgan fingerprint density at radius 3 is 2.61 bits per heavy atom. The number of carboxylic acid groups (broad SMARTS) is 1. The minimum Gasteiger partial charge on any atom is -0.496 e. The number of methoxy groups -OCH3 is 1. The lowest BCUT2D eigenvalue weighted by Crippen LogP contribution is -1.97. The molecule has 0 atom stereocenters. The first-order valence-corrected chi connectivity index (χ1v) is 6.23. The summed E-state index contributed by atoms with van der Waals surface area (Å²) in [7, 11) is 1.61. The highest BCUT2D eigenvalue weighted by atomic mass is 16.5. The number of rotatable bonds is 6. The first kappa shape index (κ1) is 14.3. The van der Waals surface area contributed by atoms with Crippen LogP contribution < -0.4 is 4.74 Å². The van der Waals surface area contributed by atoms with E-state index < -0.39 is 5.97 Å². The fraction of sp³-hybridized carbons (Fsp3) is 0.400. The second-order valence-electron chi connectivity index (χ2n) is 4.15. The van der Waals surface area contributed by atoms with E-state index in [1.54, 1.807) is 7.11 Å². The van der Waals surface area contributed by atoms with Crippen molar-refractivity contribution in [1.29, 1.82) is 0 Å². The van der Waals surface area contributed by atoms with E-state index in [-0.39, 0.29) is 0 Å². The zero-order chi connectivity index (χ0) is 13.5. The molecule has 1 aromatic carbocycles. The highest BCUT2D eigenvalue weighted by Gasteiger charge is 2.10. The van der Waals surface area contributed by atoms with Crippen LogP contribution in [0, 0.1) is 0 Å². The highest BCUT2D eigenvalue weighted by molar-refractivity contribution is 5.91. The summed E-state index contributed by atoms with van der Waals surface area (Å²) in [6.45, 7) is 4.11. The number of aliphatic carboxylic acids is 1. The van der Waals surface area contributed by atoms with Crippen LogP contribution in [-0.2, 0) is 11.2 Å². The molecule has 0 heterocycles. The topological polar surface area (TPSA) is 46.5 Å². The Morgan fingerprint density at radius 2 is 2.11 bits per heavy atom. The molecular formula is C15H20O3. The van der Waals surface area contributed by atoms with E-state index in [0.29, 0.717) is 0 Å². The molecule has 18 heavy (non-hydrogen) atoms. The second-order valence-corrected chi connectivity index (χ2v) is 4.15. The van der Waals surface area contributed by atoms with Crippen molar-refractivity contribution >= 4 is 11.5 Å². The highest BCUT2D eigenvalue weighted by Crippen LogP contribution is 2.30. The van der Waals surface area contributed by atoms with Crippen molar-refractivity contribution < 1.29 is 14.6 Å². The third-order valence-corrected chi connectivity index (χ3v) is 2.84. The Balaban J connectivity index is 3.28. The minimum absolute atomic E-state index is 0.730. The van der Waals surface area contributed by atoms with E-state index in [9.17, 15) is 4.79 Å². The molecule has 0 saturated heterocycles. The molecule has 1 aromatic rings. The van der Waals surface area contributed by atoms with Gasteiger partial charge in [0.1, 0.15) is 5.75 Å². The number of aryl methyl sites for hydroxylation is 1. The SMILES string of the molecule is CCC/C(=C\C(=O)O)c1cc(CC)ccc1OC. The van der Waals surface area contributed by atoms with E-state index in [0.717, 1.165) is 36.1 Å². The van der Waals surface area contributed by atoms with Gasteiger partial charge < -0.3 is 9.84 Å². The van der Waals surface area contributed by atoms with Gasteiger partial charge in [0.05, 0.1) is 7.11 Å². The van der Waals surface area contributed by atoms with Crippen LogP contribution in [-0.4, -0.2) is 18.2 Å². The minimum atomic E-state index is -0.914. The number of allylic oxidation sites excluding steroid dienone is 1. The van der Waals surface area contributed by atoms with Crippen LogP contribution in [0.3, 0.4) is 0 Å². The van der Waals surface area contributed by atoms with Crippen molar-refractivity contribution in [2.24, 2.45) is 0 Å². The molecule has 3 nitrogen and oxygen atoms in total. The normalized spacial score (nSPS) is 11.4. The molecular weight excluding hydrogens is 228 g/mol. The van der Waals surface area contributed by atoms with Gasteiger partial charge in [0.25, 0.3) is 0 Å². The van der Waals surface area contributed by atoms with E-state index in [1.807, 2.05) is 25.1 Å². The van der Waals surface area contributed by atoms with Crippen LogP contribution in [0.1, 0.15) is 37.8 Å². The first-order valence-electron chi connectivity index (χ1n) is 6.23. The molecule has 0 aliphatic carbocycles. The number of hydrogen-bond acceptors (Lipinski definition) is 2. The number of carboxylic acids is 1. The predicted octanol–water partition coefficient (Wildman–Crippen LogP) is 3.53. The zero-order valence-electron chi connectivity index (χ0n) is 11.2. The lowest BCUT2D eigenvalue weighted by atomic mass is 9.97. The fourth-order valence-electron chi connectivity index (χ4n) is 1.93. The van der Waals surface area contributed by atoms with Gasteiger partial charge in [-0.15, -0.1) is 0 Å². The Kier molecular flexibility index (Phi) is 5.43. The predicted molar refractivity (Wildman–Crippen MR) is 72.9 cm³/mol. The Labute approximate surface area is 108 Å². The molecule has 0 fully saturated rings. The van der Waals surface area contributed by atoms with Gasteiger partial charge in [-0.05, 0) is 36.1 Å². The maximum atomic E-state index is 10.9. The fourth-order valence-corrected chi connectivity index (χ4v) is 1.93. The van der Waals surface area contributed by atoms with Gasteiger partial charge in [-0.2, -0.15) is 0 Å². The molecule has 0 aliphatic rings. The average molecular weight is 248 g/mol. The summed E-state index contributed by atoms with van der Waals surface area (Å²) in [6, 6.07) is 5.93. The quantitative estimate of drug-likeness (QED) is 0.783. The molecule has 0 aromatic heterocycles. The summed E-state index contributed by atoms with van der Waals surface area (Å²) >= 11 is 0. The summed E-state index contributed by atoms with van der Waals surface area (Å²) in [5.41, 5.74) is 2.89. The lowest BCUT2D eigenvalue weighted by Gasteiger charge is -2.13. The third-order valence-electron chi connectivity index (χ3n) is 2.84. The van der Waals surface area contributed by atoms with Crippen molar-refractivity contribution in [1.82, 2.24) is 0 Å². The standard InChI is InChI=1S/C15H20O3/c1-4-6-12(10-15(16)17)13-9-11(5-2)7-8-14(13)18-3/h7-10H,4-6H2,1-3H3,(H,16,17)/b12-10+. The van der Waals surface area contributed by atoms with Gasteiger partial charge >= 0.3 is 5.97 Å². The van der Waals surface area contributed by atoms with Gasteiger partial charge in [-0.25, -0.2) is 4.79 Å². The van der Waals surface area contributed by atoms with E-state index in [4.69, 9.17) is 9.84 Å². The lowest BCUT2D eigenvalue weighted by molar-refractivity contribution is -0.131. The van der Waals surface area contributed by atoms with Crippen molar-refractivity contribution in [3.05, 3.63) is 35.4 Å². The van der Waals surface area contributed by atoms with E-state index >= 15 is 0 Å². The molecule has 0 radical (unpaired) electrons. The van der Waals surface area contributed by atoms with Crippen LogP contribution in [0.15, 0.2) is 24.3 Å². The molecule has 0 saturated carbocycles. The molecule has 0 amide bonds. The number of hydrogen-bond donors (Lipinski definition) is 1. The summed E-state index contributed by atoms with van der Waals surface area (Å²) in [5, 5.41) is 8.94. The van der Waals surface area contributed by atoms with Gasteiger partial charge in [-0.1, -0.05) is 26.3 Å². The summed E-state index contributed by atoms with van der Waals surface area (Å²) in [5.74, 6) is -0.185. The second kappa shape index (κ2) is 6.84. The van der Waals surface area contributed by atoms with E-state index in [1.165, 1.54) is 11.6 Å². The van der Waals surface area contributed by atoms with Crippen molar-refractivity contribution in [3.63, 3.8) is 0 Å².